The lowest BCUT2D eigenvalue weighted by molar-refractivity contribution is 0.415. The standard InChI is InChI=1S/C11H9ClFN3O/c1-17-8-4-2-7(3-5-8)15-10-9(13)6-14-11(12)16-10/h2-6H,1H3,(H,14,15,16). The molecule has 1 N–H and O–H groups in total. The van der Waals surface area contributed by atoms with Crippen LogP contribution >= 0.6 is 11.6 Å². The molecule has 0 aliphatic carbocycles. The molecule has 0 atom stereocenters. The number of anilines is 2. The van der Waals surface area contributed by atoms with Crippen LogP contribution in [0.1, 0.15) is 0 Å². The van der Waals surface area contributed by atoms with Gasteiger partial charge in [-0.1, -0.05) is 0 Å². The zero-order valence-corrected chi connectivity index (χ0v) is 9.70. The molecule has 2 aromatic rings. The van der Waals surface area contributed by atoms with Gasteiger partial charge in [0.05, 0.1) is 13.3 Å². The van der Waals surface area contributed by atoms with Crippen LogP contribution in [0.5, 0.6) is 5.75 Å². The number of hydrogen-bond acceptors (Lipinski definition) is 4. The fraction of sp³-hybridized carbons (Fsp3) is 0.0909. The van der Waals surface area contributed by atoms with Crippen molar-refractivity contribution < 1.29 is 9.13 Å². The molecule has 1 heterocycles. The summed E-state index contributed by atoms with van der Waals surface area (Å²) in [5.74, 6) is 0.192. The van der Waals surface area contributed by atoms with Gasteiger partial charge < -0.3 is 10.1 Å². The fourth-order valence-electron chi connectivity index (χ4n) is 1.24. The van der Waals surface area contributed by atoms with Crippen LogP contribution in [-0.4, -0.2) is 17.1 Å². The Balaban J connectivity index is 2.22. The van der Waals surface area contributed by atoms with Crippen molar-refractivity contribution in [1.82, 2.24) is 9.97 Å². The molecular formula is C11H9ClFN3O. The average molecular weight is 254 g/mol. The second kappa shape index (κ2) is 4.97. The highest BCUT2D eigenvalue weighted by atomic mass is 35.5. The van der Waals surface area contributed by atoms with E-state index in [1.54, 1.807) is 31.4 Å². The maximum absolute atomic E-state index is 13.3. The molecule has 0 saturated carbocycles. The van der Waals surface area contributed by atoms with Crippen LogP contribution in [0.3, 0.4) is 0 Å². The van der Waals surface area contributed by atoms with E-state index in [0.717, 1.165) is 11.9 Å². The van der Waals surface area contributed by atoms with E-state index < -0.39 is 5.82 Å². The van der Waals surface area contributed by atoms with E-state index in [4.69, 9.17) is 16.3 Å². The molecular weight excluding hydrogens is 245 g/mol. The Morgan fingerprint density at radius 2 is 2.00 bits per heavy atom. The zero-order chi connectivity index (χ0) is 12.3. The highest BCUT2D eigenvalue weighted by molar-refractivity contribution is 6.28. The van der Waals surface area contributed by atoms with Gasteiger partial charge in [0.1, 0.15) is 5.75 Å². The van der Waals surface area contributed by atoms with Gasteiger partial charge in [0.15, 0.2) is 11.6 Å². The lowest BCUT2D eigenvalue weighted by Crippen LogP contribution is -1.98. The molecule has 1 aromatic heterocycles. The summed E-state index contributed by atoms with van der Waals surface area (Å²) >= 11 is 5.58. The van der Waals surface area contributed by atoms with Gasteiger partial charge in [-0.2, -0.15) is 4.98 Å². The van der Waals surface area contributed by atoms with Crippen LogP contribution in [-0.2, 0) is 0 Å². The first kappa shape index (κ1) is 11.6. The summed E-state index contributed by atoms with van der Waals surface area (Å²) in [6.45, 7) is 0. The van der Waals surface area contributed by atoms with Crippen LogP contribution in [0.25, 0.3) is 0 Å². The summed E-state index contributed by atoms with van der Waals surface area (Å²) in [6.07, 6.45) is 1.02. The minimum atomic E-state index is -0.565. The first-order valence-corrected chi connectivity index (χ1v) is 5.16. The summed E-state index contributed by atoms with van der Waals surface area (Å²) in [7, 11) is 1.58. The monoisotopic (exact) mass is 253 g/mol. The summed E-state index contributed by atoms with van der Waals surface area (Å²) in [5, 5.41) is 2.79. The van der Waals surface area contributed by atoms with Gasteiger partial charge in [-0.25, -0.2) is 9.37 Å². The van der Waals surface area contributed by atoms with Crippen molar-refractivity contribution in [3.63, 3.8) is 0 Å². The van der Waals surface area contributed by atoms with Crippen LogP contribution in [0.2, 0.25) is 5.28 Å². The van der Waals surface area contributed by atoms with E-state index in [2.05, 4.69) is 15.3 Å². The third kappa shape index (κ3) is 2.82. The number of rotatable bonds is 3. The van der Waals surface area contributed by atoms with E-state index >= 15 is 0 Å². The van der Waals surface area contributed by atoms with Gasteiger partial charge in [-0.05, 0) is 35.9 Å². The van der Waals surface area contributed by atoms with E-state index in [0.29, 0.717) is 5.69 Å². The van der Waals surface area contributed by atoms with E-state index in [1.807, 2.05) is 0 Å². The molecule has 17 heavy (non-hydrogen) atoms. The molecule has 4 nitrogen and oxygen atoms in total. The number of ether oxygens (including phenoxy) is 1. The highest BCUT2D eigenvalue weighted by Gasteiger charge is 2.06. The quantitative estimate of drug-likeness (QED) is 0.854. The van der Waals surface area contributed by atoms with Crippen molar-refractivity contribution in [3.05, 3.63) is 41.6 Å². The fourth-order valence-corrected chi connectivity index (χ4v) is 1.38. The molecule has 0 spiro atoms. The molecule has 0 aliphatic rings. The first-order valence-electron chi connectivity index (χ1n) is 4.78. The second-order valence-corrected chi connectivity index (χ2v) is 3.53. The van der Waals surface area contributed by atoms with Crippen LogP contribution in [0.4, 0.5) is 15.9 Å². The molecule has 0 unspecified atom stereocenters. The molecule has 6 heteroatoms. The maximum Gasteiger partial charge on any atom is 0.224 e. The molecule has 0 fully saturated rings. The minimum Gasteiger partial charge on any atom is -0.497 e. The normalized spacial score (nSPS) is 10.1. The zero-order valence-electron chi connectivity index (χ0n) is 8.95. The molecule has 0 aliphatic heterocycles. The Morgan fingerprint density at radius 1 is 1.29 bits per heavy atom. The number of nitrogens with zero attached hydrogens (tertiary/aromatic N) is 2. The summed E-state index contributed by atoms with van der Waals surface area (Å²) in [6, 6.07) is 6.99. The number of halogens is 2. The molecule has 1 aromatic carbocycles. The van der Waals surface area contributed by atoms with E-state index in [1.165, 1.54) is 0 Å². The van der Waals surface area contributed by atoms with Crippen LogP contribution < -0.4 is 10.1 Å². The average Bonchev–Trinajstić information content (AvgIpc) is 2.35. The Bertz CT molecular complexity index is 519. The Kier molecular flexibility index (Phi) is 3.39. The third-order valence-corrected chi connectivity index (χ3v) is 2.25. The maximum atomic E-state index is 13.3. The number of benzene rings is 1. The van der Waals surface area contributed by atoms with Gasteiger partial charge >= 0.3 is 0 Å². The van der Waals surface area contributed by atoms with Gasteiger partial charge in [-0.15, -0.1) is 0 Å². The van der Waals surface area contributed by atoms with Crippen molar-refractivity contribution >= 4 is 23.1 Å². The highest BCUT2D eigenvalue weighted by Crippen LogP contribution is 2.20. The van der Waals surface area contributed by atoms with Gasteiger partial charge in [-0.3, -0.25) is 0 Å². The molecule has 88 valence electrons. The third-order valence-electron chi connectivity index (χ3n) is 2.07. The van der Waals surface area contributed by atoms with Crippen molar-refractivity contribution in [2.24, 2.45) is 0 Å². The number of methoxy groups -OCH3 is 1. The Morgan fingerprint density at radius 3 is 2.65 bits per heavy atom. The molecule has 0 radical (unpaired) electrons. The minimum absolute atomic E-state index is 0.0117. The lowest BCUT2D eigenvalue weighted by atomic mass is 10.3. The summed E-state index contributed by atoms with van der Waals surface area (Å²) < 4.78 is 18.3. The molecule has 0 amide bonds. The number of hydrogen-bond donors (Lipinski definition) is 1. The number of aromatic nitrogens is 2. The largest absolute Gasteiger partial charge is 0.497 e. The molecule has 0 saturated heterocycles. The lowest BCUT2D eigenvalue weighted by Gasteiger charge is -2.07. The van der Waals surface area contributed by atoms with Crippen molar-refractivity contribution in [1.29, 1.82) is 0 Å². The second-order valence-electron chi connectivity index (χ2n) is 3.19. The summed E-state index contributed by atoms with van der Waals surface area (Å²) in [5.41, 5.74) is 0.680. The van der Waals surface area contributed by atoms with Crippen LogP contribution in [0, 0.1) is 5.82 Å². The predicted molar refractivity (Wildman–Crippen MR) is 63.3 cm³/mol. The van der Waals surface area contributed by atoms with Gasteiger partial charge in [0.25, 0.3) is 0 Å². The van der Waals surface area contributed by atoms with Gasteiger partial charge in [0, 0.05) is 5.69 Å². The van der Waals surface area contributed by atoms with Crippen molar-refractivity contribution in [2.45, 2.75) is 0 Å². The smallest absolute Gasteiger partial charge is 0.224 e. The molecule has 0 bridgehead atoms. The SMILES string of the molecule is COc1ccc(Nc2nc(Cl)ncc2F)cc1. The van der Waals surface area contributed by atoms with Crippen molar-refractivity contribution in [3.8, 4) is 5.75 Å². The Labute approximate surface area is 102 Å². The van der Waals surface area contributed by atoms with E-state index in [-0.39, 0.29) is 11.1 Å². The summed E-state index contributed by atoms with van der Waals surface area (Å²) in [4.78, 5) is 7.28. The van der Waals surface area contributed by atoms with E-state index in [9.17, 15) is 4.39 Å². The van der Waals surface area contributed by atoms with Gasteiger partial charge in [0.2, 0.25) is 5.28 Å². The van der Waals surface area contributed by atoms with Crippen molar-refractivity contribution in [2.75, 3.05) is 12.4 Å². The van der Waals surface area contributed by atoms with Crippen LogP contribution in [0.15, 0.2) is 30.5 Å². The Hall–Kier alpha value is -1.88. The first-order chi connectivity index (χ1) is 8.19. The predicted octanol–water partition coefficient (Wildman–Crippen LogP) is 3.02. The molecule has 2 rings (SSSR count). The number of nitrogens with one attached hydrogen (secondary N) is 1. The topological polar surface area (TPSA) is 47.0 Å².